The number of ether oxygens (including phenoxy) is 1. The molecule has 1 unspecified atom stereocenters. The lowest BCUT2D eigenvalue weighted by molar-refractivity contribution is -0.138. The summed E-state index contributed by atoms with van der Waals surface area (Å²) in [6.07, 6.45) is -2.07. The van der Waals surface area contributed by atoms with Crippen LogP contribution in [-0.4, -0.2) is 29.4 Å². The van der Waals surface area contributed by atoms with Gasteiger partial charge in [0.2, 0.25) is 0 Å². The number of anilines is 1. The Hall–Kier alpha value is -1.88. The van der Waals surface area contributed by atoms with Crippen molar-refractivity contribution in [1.82, 2.24) is 5.32 Å². The standard InChI is InChI=1S/C16H19F3N4O2S2/c1-2-3-4-7-25-13-6-5-10(8-11(13)16(17,18)19)20-15(26)21-14(24)12-9-27-23-22-12/h5-6,8,12H,2-4,7,9H2,1H3,(H2,20,21,24,26). The molecule has 27 heavy (non-hydrogen) atoms. The molecule has 2 N–H and O–H groups in total. The molecule has 11 heteroatoms. The molecule has 1 aromatic carbocycles. The summed E-state index contributed by atoms with van der Waals surface area (Å²) in [5, 5.41) is 8.58. The largest absolute Gasteiger partial charge is 0.493 e. The van der Waals surface area contributed by atoms with Gasteiger partial charge in [0.1, 0.15) is 5.75 Å². The van der Waals surface area contributed by atoms with Gasteiger partial charge in [0.05, 0.1) is 17.9 Å². The maximum Gasteiger partial charge on any atom is 0.420 e. The van der Waals surface area contributed by atoms with E-state index in [1.54, 1.807) is 0 Å². The number of carbonyl (C=O) groups excluding carboxylic acids is 1. The second-order valence-electron chi connectivity index (χ2n) is 5.72. The van der Waals surface area contributed by atoms with E-state index in [9.17, 15) is 18.0 Å². The summed E-state index contributed by atoms with van der Waals surface area (Å²) in [4.78, 5) is 11.9. The van der Waals surface area contributed by atoms with Gasteiger partial charge in [-0.15, -0.1) is 4.52 Å². The number of hydrogen-bond donors (Lipinski definition) is 2. The van der Waals surface area contributed by atoms with Crippen LogP contribution in [0.3, 0.4) is 0 Å². The molecule has 0 aliphatic carbocycles. The number of nitrogens with zero attached hydrogens (tertiary/aromatic N) is 2. The zero-order valence-corrected chi connectivity index (χ0v) is 16.1. The Kier molecular flexibility index (Phi) is 7.84. The highest BCUT2D eigenvalue weighted by atomic mass is 32.2. The minimum absolute atomic E-state index is 0.0935. The zero-order chi connectivity index (χ0) is 19.9. The van der Waals surface area contributed by atoms with Crippen LogP contribution in [0.5, 0.6) is 5.75 Å². The molecule has 0 fully saturated rings. The second kappa shape index (κ2) is 9.88. The summed E-state index contributed by atoms with van der Waals surface area (Å²) in [6, 6.07) is 2.90. The van der Waals surface area contributed by atoms with Gasteiger partial charge in [0.25, 0.3) is 5.91 Å². The van der Waals surface area contributed by atoms with Crippen LogP contribution < -0.4 is 15.4 Å². The molecule has 0 saturated carbocycles. The van der Waals surface area contributed by atoms with Crippen molar-refractivity contribution in [2.75, 3.05) is 17.7 Å². The van der Waals surface area contributed by atoms with Crippen molar-refractivity contribution in [3.05, 3.63) is 23.8 Å². The van der Waals surface area contributed by atoms with Crippen LogP contribution in [0.25, 0.3) is 0 Å². The summed E-state index contributed by atoms with van der Waals surface area (Å²) in [5.41, 5.74) is -0.810. The molecular weight excluding hydrogens is 401 g/mol. The Labute approximate surface area is 164 Å². The van der Waals surface area contributed by atoms with Gasteiger partial charge in [-0.3, -0.25) is 4.79 Å². The molecule has 0 saturated heterocycles. The van der Waals surface area contributed by atoms with Crippen molar-refractivity contribution < 1.29 is 22.7 Å². The van der Waals surface area contributed by atoms with E-state index in [1.807, 2.05) is 6.92 Å². The molecule has 148 valence electrons. The first-order chi connectivity index (χ1) is 12.8. The first kappa shape index (κ1) is 21.4. The fourth-order valence-electron chi connectivity index (χ4n) is 2.20. The highest BCUT2D eigenvalue weighted by Crippen LogP contribution is 2.38. The number of unbranched alkanes of at least 4 members (excludes halogenated alkanes) is 2. The minimum Gasteiger partial charge on any atom is -0.493 e. The van der Waals surface area contributed by atoms with Gasteiger partial charge in [-0.05, 0) is 36.8 Å². The SMILES string of the molecule is CCCCCOc1ccc(NC(=S)NC(=O)C2CSN=N2)cc1C(F)(F)F. The van der Waals surface area contributed by atoms with Crippen LogP contribution in [0.1, 0.15) is 31.7 Å². The molecule has 0 bridgehead atoms. The number of hydrogen-bond acceptors (Lipinski definition) is 6. The van der Waals surface area contributed by atoms with Crippen LogP contribution in [0.2, 0.25) is 0 Å². The third-order valence-electron chi connectivity index (χ3n) is 3.56. The van der Waals surface area contributed by atoms with Crippen molar-refractivity contribution in [2.45, 2.75) is 38.4 Å². The number of thiocarbonyl (C=S) groups is 1. The number of rotatable bonds is 7. The van der Waals surface area contributed by atoms with Gasteiger partial charge >= 0.3 is 6.18 Å². The predicted molar refractivity (Wildman–Crippen MR) is 102 cm³/mol. The molecule has 1 aromatic rings. The minimum atomic E-state index is -4.58. The van der Waals surface area contributed by atoms with Crippen LogP contribution >= 0.6 is 24.2 Å². The van der Waals surface area contributed by atoms with Gasteiger partial charge in [-0.1, -0.05) is 19.8 Å². The molecule has 0 radical (unpaired) electrons. The van der Waals surface area contributed by atoms with E-state index < -0.39 is 23.7 Å². The molecule has 1 aliphatic heterocycles. The number of nitrogens with one attached hydrogen (secondary N) is 2. The Morgan fingerprint density at radius 1 is 1.41 bits per heavy atom. The lowest BCUT2D eigenvalue weighted by atomic mass is 10.1. The van der Waals surface area contributed by atoms with Crippen LogP contribution in [-0.2, 0) is 11.0 Å². The van der Waals surface area contributed by atoms with E-state index >= 15 is 0 Å². The van der Waals surface area contributed by atoms with E-state index in [0.717, 1.165) is 30.9 Å². The summed E-state index contributed by atoms with van der Waals surface area (Å²) >= 11 is 6.13. The van der Waals surface area contributed by atoms with Gasteiger partial charge in [0, 0.05) is 17.6 Å². The van der Waals surface area contributed by atoms with Crippen molar-refractivity contribution in [1.29, 1.82) is 0 Å². The van der Waals surface area contributed by atoms with Crippen LogP contribution in [0.4, 0.5) is 18.9 Å². The average molecular weight is 420 g/mol. The van der Waals surface area contributed by atoms with Gasteiger partial charge in [-0.25, -0.2) is 0 Å². The van der Waals surface area contributed by atoms with Crippen molar-refractivity contribution in [2.24, 2.45) is 9.63 Å². The summed E-state index contributed by atoms with van der Waals surface area (Å²) < 4.78 is 48.9. The normalized spacial score (nSPS) is 16.2. The lowest BCUT2D eigenvalue weighted by Crippen LogP contribution is -2.40. The van der Waals surface area contributed by atoms with Gasteiger partial charge < -0.3 is 15.4 Å². The number of benzene rings is 1. The number of alkyl halides is 3. The molecular formula is C16H19F3N4O2S2. The average Bonchev–Trinajstić information content (AvgIpc) is 3.13. The highest BCUT2D eigenvalue weighted by Gasteiger charge is 2.35. The maximum atomic E-state index is 13.3. The van der Waals surface area contributed by atoms with Crippen LogP contribution in [0, 0.1) is 0 Å². The van der Waals surface area contributed by atoms with Crippen molar-refractivity contribution in [3.63, 3.8) is 0 Å². The molecule has 6 nitrogen and oxygen atoms in total. The topological polar surface area (TPSA) is 75.1 Å². The second-order valence-corrected chi connectivity index (χ2v) is 6.88. The quantitative estimate of drug-likeness (QED) is 0.384. The highest BCUT2D eigenvalue weighted by molar-refractivity contribution is 7.98. The fraction of sp³-hybridized carbons (Fsp3) is 0.500. The van der Waals surface area contributed by atoms with Crippen molar-refractivity contribution >= 4 is 40.9 Å². The molecule has 1 amide bonds. The Morgan fingerprint density at radius 2 is 2.19 bits per heavy atom. The maximum absolute atomic E-state index is 13.3. The summed E-state index contributed by atoms with van der Waals surface area (Å²) in [6.45, 7) is 2.21. The number of halogens is 3. The van der Waals surface area contributed by atoms with Gasteiger partial charge in [-0.2, -0.15) is 18.3 Å². The van der Waals surface area contributed by atoms with E-state index in [-0.39, 0.29) is 23.2 Å². The Balaban J connectivity index is 2.02. The molecule has 1 heterocycles. The number of carbonyl (C=O) groups is 1. The zero-order valence-electron chi connectivity index (χ0n) is 14.5. The monoisotopic (exact) mass is 420 g/mol. The van der Waals surface area contributed by atoms with E-state index in [2.05, 4.69) is 20.3 Å². The first-order valence-electron chi connectivity index (χ1n) is 8.29. The lowest BCUT2D eigenvalue weighted by Gasteiger charge is -2.16. The van der Waals surface area contributed by atoms with E-state index in [1.165, 1.54) is 12.1 Å². The Morgan fingerprint density at radius 3 is 2.81 bits per heavy atom. The molecule has 1 atom stereocenters. The predicted octanol–water partition coefficient (Wildman–Crippen LogP) is 4.57. The van der Waals surface area contributed by atoms with Crippen LogP contribution in [0.15, 0.2) is 27.8 Å². The molecule has 2 rings (SSSR count). The molecule has 0 aromatic heterocycles. The fourth-order valence-corrected chi connectivity index (χ4v) is 3.03. The van der Waals surface area contributed by atoms with E-state index in [0.29, 0.717) is 12.2 Å². The smallest absolute Gasteiger partial charge is 0.420 e. The Bertz CT molecular complexity index is 713. The third kappa shape index (κ3) is 6.65. The summed E-state index contributed by atoms with van der Waals surface area (Å²) in [5.74, 6) is -0.299. The molecule has 1 aliphatic rings. The van der Waals surface area contributed by atoms with Gasteiger partial charge in [0.15, 0.2) is 11.2 Å². The van der Waals surface area contributed by atoms with Crippen molar-refractivity contribution in [3.8, 4) is 5.75 Å². The first-order valence-corrected chi connectivity index (χ1v) is 9.64. The molecule has 0 spiro atoms. The van der Waals surface area contributed by atoms with E-state index in [4.69, 9.17) is 17.0 Å². The summed E-state index contributed by atoms with van der Waals surface area (Å²) in [7, 11) is 0. The number of amides is 1. The third-order valence-corrected chi connectivity index (χ3v) is 4.44.